The third kappa shape index (κ3) is 6.16. The summed E-state index contributed by atoms with van der Waals surface area (Å²) in [4.78, 5) is 35.9. The van der Waals surface area contributed by atoms with Crippen molar-refractivity contribution in [1.82, 2.24) is 20.2 Å². The molecule has 0 radical (unpaired) electrons. The Bertz CT molecular complexity index is 1060. The van der Waals surface area contributed by atoms with Crippen LogP contribution in [0.25, 0.3) is 11.0 Å². The fourth-order valence-corrected chi connectivity index (χ4v) is 4.49. The second-order valence-electron chi connectivity index (χ2n) is 9.42. The number of imidazole rings is 1. The molecule has 0 unspecified atom stereocenters. The predicted molar refractivity (Wildman–Crippen MR) is 132 cm³/mol. The van der Waals surface area contributed by atoms with Crippen LogP contribution in [0.2, 0.25) is 0 Å². The summed E-state index contributed by atoms with van der Waals surface area (Å²) in [5.74, 6) is 1.74. The van der Waals surface area contributed by atoms with Gasteiger partial charge in [-0.25, -0.2) is 4.98 Å². The summed E-state index contributed by atoms with van der Waals surface area (Å²) in [6, 6.07) is 17.2. The highest BCUT2D eigenvalue weighted by molar-refractivity contribution is 5.82. The van der Waals surface area contributed by atoms with E-state index in [4.69, 9.17) is 9.72 Å². The third-order valence-corrected chi connectivity index (χ3v) is 6.23. The number of rotatable bonds is 9. The van der Waals surface area contributed by atoms with Crippen LogP contribution in [0.1, 0.15) is 51.4 Å². The molecule has 2 amide bonds. The normalized spacial score (nSPS) is 17.0. The fraction of sp³-hybridized carbons (Fsp3) is 0.444. The SMILES string of the molecule is CC(C)C[C@@H](NC(=O)[C@@H]1CCCN(C(=O)CCOc2ccccc2)C1)c1nc2ccccc2[nH]1. The van der Waals surface area contributed by atoms with Gasteiger partial charge >= 0.3 is 0 Å². The van der Waals surface area contributed by atoms with Crippen molar-refractivity contribution in [1.29, 1.82) is 0 Å². The first-order chi connectivity index (χ1) is 16.5. The molecule has 2 N–H and O–H groups in total. The number of piperidine rings is 1. The van der Waals surface area contributed by atoms with Gasteiger partial charge in [0.15, 0.2) is 0 Å². The molecule has 1 fully saturated rings. The summed E-state index contributed by atoms with van der Waals surface area (Å²) < 4.78 is 5.67. The van der Waals surface area contributed by atoms with E-state index in [0.29, 0.717) is 32.0 Å². The van der Waals surface area contributed by atoms with Crippen LogP contribution < -0.4 is 10.1 Å². The molecule has 0 saturated carbocycles. The molecular formula is C27H34N4O3. The summed E-state index contributed by atoms with van der Waals surface area (Å²) in [6.07, 6.45) is 2.70. The minimum absolute atomic E-state index is 0.0101. The van der Waals surface area contributed by atoms with Gasteiger partial charge in [-0.05, 0) is 49.4 Å². The molecule has 1 aliphatic rings. The number of nitrogens with one attached hydrogen (secondary N) is 2. The smallest absolute Gasteiger partial charge is 0.226 e. The first-order valence-electron chi connectivity index (χ1n) is 12.2. The zero-order valence-electron chi connectivity index (χ0n) is 20.0. The van der Waals surface area contributed by atoms with Crippen LogP contribution in [0.3, 0.4) is 0 Å². The average molecular weight is 463 g/mol. The number of carbonyl (C=O) groups is 2. The van der Waals surface area contributed by atoms with E-state index < -0.39 is 0 Å². The van der Waals surface area contributed by atoms with Crippen molar-refractivity contribution in [2.75, 3.05) is 19.7 Å². The van der Waals surface area contributed by atoms with E-state index in [2.05, 4.69) is 24.1 Å². The lowest BCUT2D eigenvalue weighted by Crippen LogP contribution is -2.46. The highest BCUT2D eigenvalue weighted by Gasteiger charge is 2.30. The van der Waals surface area contributed by atoms with Crippen molar-refractivity contribution in [3.63, 3.8) is 0 Å². The molecule has 2 aromatic carbocycles. The van der Waals surface area contributed by atoms with Crippen LogP contribution in [0, 0.1) is 11.8 Å². The predicted octanol–water partition coefficient (Wildman–Crippen LogP) is 4.47. The highest BCUT2D eigenvalue weighted by atomic mass is 16.5. The Kier molecular flexibility index (Phi) is 7.83. The summed E-state index contributed by atoms with van der Waals surface area (Å²) in [6.45, 7) is 5.75. The molecule has 34 heavy (non-hydrogen) atoms. The number of para-hydroxylation sites is 3. The minimum atomic E-state index is -0.216. The Morgan fingerprint density at radius 3 is 2.68 bits per heavy atom. The highest BCUT2D eigenvalue weighted by Crippen LogP contribution is 2.24. The Hall–Kier alpha value is -3.35. The maximum atomic E-state index is 13.2. The van der Waals surface area contributed by atoms with Gasteiger partial charge in [-0.3, -0.25) is 9.59 Å². The number of H-pyrrole nitrogens is 1. The number of hydrogen-bond donors (Lipinski definition) is 2. The fourth-order valence-electron chi connectivity index (χ4n) is 4.49. The Balaban J connectivity index is 1.34. The van der Waals surface area contributed by atoms with E-state index >= 15 is 0 Å². The summed E-state index contributed by atoms with van der Waals surface area (Å²) in [5.41, 5.74) is 1.86. The van der Waals surface area contributed by atoms with Crippen LogP contribution in [-0.4, -0.2) is 46.4 Å². The maximum absolute atomic E-state index is 13.2. The summed E-state index contributed by atoms with van der Waals surface area (Å²) in [7, 11) is 0. The van der Waals surface area contributed by atoms with E-state index in [1.165, 1.54) is 0 Å². The Morgan fingerprint density at radius 1 is 1.15 bits per heavy atom. The van der Waals surface area contributed by atoms with Crippen LogP contribution in [-0.2, 0) is 9.59 Å². The number of benzene rings is 2. The van der Waals surface area contributed by atoms with E-state index in [0.717, 1.165) is 41.9 Å². The monoisotopic (exact) mass is 462 g/mol. The van der Waals surface area contributed by atoms with Gasteiger partial charge in [0.05, 0.1) is 36.0 Å². The Morgan fingerprint density at radius 2 is 1.91 bits per heavy atom. The number of aromatic amines is 1. The lowest BCUT2D eigenvalue weighted by atomic mass is 9.95. The number of aromatic nitrogens is 2. The van der Waals surface area contributed by atoms with Gasteiger partial charge in [0.1, 0.15) is 11.6 Å². The zero-order chi connectivity index (χ0) is 23.9. The van der Waals surface area contributed by atoms with E-state index in [-0.39, 0.29) is 23.8 Å². The van der Waals surface area contributed by atoms with Crippen LogP contribution in [0.5, 0.6) is 5.75 Å². The van der Waals surface area contributed by atoms with Crippen LogP contribution >= 0.6 is 0 Å². The van der Waals surface area contributed by atoms with Gasteiger partial charge in [-0.15, -0.1) is 0 Å². The van der Waals surface area contributed by atoms with Crippen molar-refractivity contribution >= 4 is 22.8 Å². The lowest BCUT2D eigenvalue weighted by molar-refractivity contribution is -0.136. The first-order valence-corrected chi connectivity index (χ1v) is 12.2. The minimum Gasteiger partial charge on any atom is -0.493 e. The lowest BCUT2D eigenvalue weighted by Gasteiger charge is -2.33. The summed E-state index contributed by atoms with van der Waals surface area (Å²) >= 11 is 0. The molecule has 1 aromatic heterocycles. The largest absolute Gasteiger partial charge is 0.493 e. The number of fused-ring (bicyclic) bond motifs is 1. The molecule has 1 saturated heterocycles. The number of amides is 2. The van der Waals surface area contributed by atoms with Gasteiger partial charge in [0.2, 0.25) is 11.8 Å². The third-order valence-electron chi connectivity index (χ3n) is 6.23. The van der Waals surface area contributed by atoms with Crippen LogP contribution in [0.15, 0.2) is 54.6 Å². The van der Waals surface area contributed by atoms with E-state index in [9.17, 15) is 9.59 Å². The molecule has 1 aliphatic heterocycles. The van der Waals surface area contributed by atoms with Crippen molar-refractivity contribution in [3.8, 4) is 5.75 Å². The molecule has 7 nitrogen and oxygen atoms in total. The van der Waals surface area contributed by atoms with Crippen molar-refractivity contribution in [2.45, 2.75) is 45.6 Å². The standard InChI is InChI=1S/C27H34N4O3/c1-19(2)17-24(26-28-22-12-6-7-13-23(22)29-26)30-27(33)20-9-8-15-31(18-20)25(32)14-16-34-21-10-4-3-5-11-21/h3-7,10-13,19-20,24H,8-9,14-18H2,1-2H3,(H,28,29)(H,30,33)/t20-,24-/m1/s1. The average Bonchev–Trinajstić information content (AvgIpc) is 3.28. The van der Waals surface area contributed by atoms with Gasteiger partial charge in [-0.1, -0.05) is 44.2 Å². The Labute approximate surface area is 200 Å². The number of nitrogens with zero attached hydrogens (tertiary/aromatic N) is 2. The molecule has 0 bridgehead atoms. The van der Waals surface area contributed by atoms with Gasteiger partial charge < -0.3 is 19.9 Å². The number of ether oxygens (including phenoxy) is 1. The zero-order valence-corrected chi connectivity index (χ0v) is 20.0. The molecular weight excluding hydrogens is 428 g/mol. The number of hydrogen-bond acceptors (Lipinski definition) is 4. The van der Waals surface area contributed by atoms with Crippen molar-refractivity contribution in [3.05, 3.63) is 60.4 Å². The van der Waals surface area contributed by atoms with Gasteiger partial charge in [0.25, 0.3) is 0 Å². The molecule has 2 heterocycles. The second kappa shape index (κ2) is 11.2. The summed E-state index contributed by atoms with van der Waals surface area (Å²) in [5, 5.41) is 3.22. The van der Waals surface area contributed by atoms with Crippen molar-refractivity contribution < 1.29 is 14.3 Å². The molecule has 0 spiro atoms. The second-order valence-corrected chi connectivity index (χ2v) is 9.42. The number of likely N-dealkylation sites (tertiary alicyclic amines) is 1. The van der Waals surface area contributed by atoms with E-state index in [1.54, 1.807) is 4.90 Å². The maximum Gasteiger partial charge on any atom is 0.226 e. The molecule has 4 rings (SSSR count). The van der Waals surface area contributed by atoms with Crippen molar-refractivity contribution in [2.24, 2.45) is 11.8 Å². The molecule has 0 aliphatic carbocycles. The topological polar surface area (TPSA) is 87.3 Å². The van der Waals surface area contributed by atoms with Crippen LogP contribution in [0.4, 0.5) is 0 Å². The van der Waals surface area contributed by atoms with E-state index in [1.807, 2.05) is 54.6 Å². The quantitative estimate of drug-likeness (QED) is 0.491. The molecule has 2 atom stereocenters. The molecule has 7 heteroatoms. The van der Waals surface area contributed by atoms with Gasteiger partial charge in [-0.2, -0.15) is 0 Å². The molecule has 180 valence electrons. The molecule has 3 aromatic rings. The number of carbonyl (C=O) groups excluding carboxylic acids is 2. The first kappa shape index (κ1) is 23.8. The van der Waals surface area contributed by atoms with Gasteiger partial charge in [0, 0.05) is 13.1 Å².